The number of halogens is 1. The summed E-state index contributed by atoms with van der Waals surface area (Å²) in [6.45, 7) is 4.02. The molecule has 0 aliphatic heterocycles. The Kier molecular flexibility index (Phi) is 5.10. The predicted octanol–water partition coefficient (Wildman–Crippen LogP) is 6.44. The lowest BCUT2D eigenvalue weighted by molar-refractivity contribution is -0.139. The average molecular weight is 353 g/mol. The third-order valence-electron chi connectivity index (χ3n) is 4.64. The summed E-state index contributed by atoms with van der Waals surface area (Å²) in [7, 11) is 0. The van der Waals surface area contributed by atoms with Crippen LogP contribution >= 0.6 is 11.6 Å². The van der Waals surface area contributed by atoms with Crippen LogP contribution in [0.4, 0.5) is 0 Å². The van der Waals surface area contributed by atoms with Crippen LogP contribution in [-0.2, 0) is 4.79 Å². The average Bonchev–Trinajstić information content (AvgIpc) is 2.60. The molecule has 3 aromatic rings. The van der Waals surface area contributed by atoms with Crippen LogP contribution < -0.4 is 0 Å². The fourth-order valence-corrected chi connectivity index (χ4v) is 3.74. The smallest absolute Gasteiger partial charge is 0.311 e. The van der Waals surface area contributed by atoms with Crippen LogP contribution in [0.1, 0.15) is 36.8 Å². The largest absolute Gasteiger partial charge is 0.481 e. The molecule has 0 saturated heterocycles. The molecule has 3 aromatic carbocycles. The van der Waals surface area contributed by atoms with Crippen molar-refractivity contribution in [3.63, 3.8) is 0 Å². The third kappa shape index (κ3) is 3.40. The van der Waals surface area contributed by atoms with E-state index in [9.17, 15) is 9.90 Å². The maximum atomic E-state index is 12.0. The van der Waals surface area contributed by atoms with Crippen molar-refractivity contribution in [2.75, 3.05) is 0 Å². The minimum Gasteiger partial charge on any atom is -0.481 e. The molecule has 3 rings (SSSR count). The van der Waals surface area contributed by atoms with Crippen molar-refractivity contribution in [3.05, 3.63) is 70.7 Å². The van der Waals surface area contributed by atoms with E-state index >= 15 is 0 Å². The molecule has 128 valence electrons. The van der Waals surface area contributed by atoms with E-state index in [0.29, 0.717) is 11.4 Å². The monoisotopic (exact) mass is 352 g/mol. The number of fused-ring (bicyclic) bond motifs is 1. The van der Waals surface area contributed by atoms with Crippen LogP contribution in [0.3, 0.4) is 0 Å². The summed E-state index contributed by atoms with van der Waals surface area (Å²) in [5.41, 5.74) is 3.92. The molecule has 0 amide bonds. The van der Waals surface area contributed by atoms with Gasteiger partial charge in [-0.3, -0.25) is 4.79 Å². The lowest BCUT2D eigenvalue weighted by atomic mass is 9.82. The number of rotatable bonds is 5. The van der Waals surface area contributed by atoms with Crippen LogP contribution in [0.25, 0.3) is 21.9 Å². The summed E-state index contributed by atoms with van der Waals surface area (Å²) in [4.78, 5) is 12.0. The number of carboxylic acid groups (broad SMARTS) is 1. The fourth-order valence-electron chi connectivity index (χ4n) is 3.57. The van der Waals surface area contributed by atoms with Crippen molar-refractivity contribution in [2.45, 2.75) is 32.6 Å². The first-order valence-corrected chi connectivity index (χ1v) is 8.91. The van der Waals surface area contributed by atoms with Gasteiger partial charge in [0.1, 0.15) is 0 Å². The molecule has 0 aromatic heterocycles. The van der Waals surface area contributed by atoms with E-state index in [2.05, 4.69) is 6.07 Å². The van der Waals surface area contributed by atoms with Gasteiger partial charge in [0.15, 0.2) is 0 Å². The van der Waals surface area contributed by atoms with E-state index in [0.717, 1.165) is 39.4 Å². The summed E-state index contributed by atoms with van der Waals surface area (Å²) < 4.78 is 0. The molecule has 1 atom stereocenters. The maximum absolute atomic E-state index is 12.0. The molecule has 0 spiro atoms. The van der Waals surface area contributed by atoms with E-state index in [4.69, 9.17) is 11.6 Å². The van der Waals surface area contributed by atoms with Crippen molar-refractivity contribution in [1.82, 2.24) is 0 Å². The second-order valence-electron chi connectivity index (χ2n) is 6.39. The fraction of sp³-hybridized carbons (Fsp3) is 0.227. The van der Waals surface area contributed by atoms with Gasteiger partial charge < -0.3 is 5.11 Å². The molecule has 0 saturated carbocycles. The highest BCUT2D eigenvalue weighted by Gasteiger charge is 2.26. The van der Waals surface area contributed by atoms with Crippen LogP contribution in [0.5, 0.6) is 0 Å². The number of aryl methyl sites for hydroxylation is 1. The van der Waals surface area contributed by atoms with E-state index in [1.54, 1.807) is 0 Å². The zero-order valence-corrected chi connectivity index (χ0v) is 15.2. The van der Waals surface area contributed by atoms with Gasteiger partial charge in [0, 0.05) is 5.02 Å². The highest BCUT2D eigenvalue weighted by atomic mass is 35.5. The summed E-state index contributed by atoms with van der Waals surface area (Å²) in [5, 5.41) is 12.6. The van der Waals surface area contributed by atoms with Crippen LogP contribution in [0.15, 0.2) is 54.6 Å². The molecule has 0 aliphatic carbocycles. The van der Waals surface area contributed by atoms with Gasteiger partial charge in [-0.25, -0.2) is 0 Å². The van der Waals surface area contributed by atoms with E-state index in [1.807, 2.05) is 62.4 Å². The van der Waals surface area contributed by atoms with Gasteiger partial charge in [-0.2, -0.15) is 0 Å². The first kappa shape index (κ1) is 17.5. The number of carboxylic acids is 1. The SMILES string of the molecule is CCCC(C(=O)O)c1c(C)cc2ccc(Cl)cc2c1-c1ccccc1. The normalized spacial score (nSPS) is 12.3. The molecule has 0 fully saturated rings. The zero-order chi connectivity index (χ0) is 18.0. The second-order valence-corrected chi connectivity index (χ2v) is 6.83. The minimum absolute atomic E-state index is 0.524. The Morgan fingerprint density at radius 3 is 2.48 bits per heavy atom. The summed E-state index contributed by atoms with van der Waals surface area (Å²) in [6.07, 6.45) is 1.43. The van der Waals surface area contributed by atoms with Gasteiger partial charge in [-0.15, -0.1) is 0 Å². The second kappa shape index (κ2) is 7.28. The van der Waals surface area contributed by atoms with Crippen molar-refractivity contribution >= 4 is 28.3 Å². The third-order valence-corrected chi connectivity index (χ3v) is 4.87. The number of aliphatic carboxylic acids is 1. The number of hydrogen-bond acceptors (Lipinski definition) is 1. The van der Waals surface area contributed by atoms with Gasteiger partial charge in [0.25, 0.3) is 0 Å². The molecular formula is C22H21ClO2. The first-order chi connectivity index (χ1) is 12.0. The number of carbonyl (C=O) groups is 1. The minimum atomic E-state index is -0.775. The molecule has 1 N–H and O–H groups in total. The quantitative estimate of drug-likeness (QED) is 0.573. The lowest BCUT2D eigenvalue weighted by Crippen LogP contribution is -2.14. The number of hydrogen-bond donors (Lipinski definition) is 1. The van der Waals surface area contributed by atoms with Crippen molar-refractivity contribution in [2.24, 2.45) is 0 Å². The van der Waals surface area contributed by atoms with Crippen molar-refractivity contribution in [3.8, 4) is 11.1 Å². The Bertz CT molecular complexity index is 916. The van der Waals surface area contributed by atoms with Crippen molar-refractivity contribution in [1.29, 1.82) is 0 Å². The molecule has 2 nitrogen and oxygen atoms in total. The van der Waals surface area contributed by atoms with Gasteiger partial charge in [0.05, 0.1) is 5.92 Å². The molecule has 0 aliphatic rings. The van der Waals surface area contributed by atoms with E-state index in [1.165, 1.54) is 0 Å². The van der Waals surface area contributed by atoms with Crippen LogP contribution in [0, 0.1) is 6.92 Å². The maximum Gasteiger partial charge on any atom is 0.311 e. The van der Waals surface area contributed by atoms with Crippen LogP contribution in [0.2, 0.25) is 5.02 Å². The summed E-state index contributed by atoms with van der Waals surface area (Å²) >= 11 is 6.26. The van der Waals surface area contributed by atoms with Gasteiger partial charge >= 0.3 is 5.97 Å². The topological polar surface area (TPSA) is 37.3 Å². The summed E-state index contributed by atoms with van der Waals surface area (Å²) in [6, 6.07) is 17.9. The molecular weight excluding hydrogens is 332 g/mol. The molecule has 0 radical (unpaired) electrons. The van der Waals surface area contributed by atoms with E-state index in [-0.39, 0.29) is 0 Å². The predicted molar refractivity (Wildman–Crippen MR) is 104 cm³/mol. The Morgan fingerprint density at radius 2 is 1.84 bits per heavy atom. The highest BCUT2D eigenvalue weighted by Crippen LogP contribution is 2.40. The van der Waals surface area contributed by atoms with Gasteiger partial charge in [-0.1, -0.05) is 67.4 Å². The summed E-state index contributed by atoms with van der Waals surface area (Å²) in [5.74, 6) is -1.30. The molecule has 25 heavy (non-hydrogen) atoms. The van der Waals surface area contributed by atoms with Gasteiger partial charge in [-0.05, 0) is 58.5 Å². The Balaban J connectivity index is 2.42. The molecule has 0 bridgehead atoms. The Labute approximate surface area is 153 Å². The Hall–Kier alpha value is -2.32. The highest BCUT2D eigenvalue weighted by molar-refractivity contribution is 6.31. The van der Waals surface area contributed by atoms with Gasteiger partial charge in [0.2, 0.25) is 0 Å². The van der Waals surface area contributed by atoms with Crippen LogP contribution in [-0.4, -0.2) is 11.1 Å². The first-order valence-electron chi connectivity index (χ1n) is 8.54. The number of benzene rings is 3. The lowest BCUT2D eigenvalue weighted by Gasteiger charge is -2.22. The molecule has 0 heterocycles. The molecule has 3 heteroatoms. The Morgan fingerprint density at radius 1 is 1.12 bits per heavy atom. The van der Waals surface area contributed by atoms with E-state index < -0.39 is 11.9 Å². The molecule has 1 unspecified atom stereocenters. The van der Waals surface area contributed by atoms with Crippen molar-refractivity contribution < 1.29 is 9.90 Å². The zero-order valence-electron chi connectivity index (χ0n) is 14.4. The standard InChI is InChI=1S/C22H21ClO2/c1-3-7-18(22(24)25)20-14(2)12-16-10-11-17(23)13-19(16)21(20)15-8-5-4-6-9-15/h4-6,8-13,18H,3,7H2,1-2H3,(H,24,25).